The van der Waals surface area contributed by atoms with Gasteiger partial charge in [0.1, 0.15) is 0 Å². The molecule has 1 heterocycles. The van der Waals surface area contributed by atoms with Gasteiger partial charge in [-0.1, -0.05) is 26.0 Å². The lowest BCUT2D eigenvalue weighted by Crippen LogP contribution is -2.43. The second-order valence-electron chi connectivity index (χ2n) is 6.22. The van der Waals surface area contributed by atoms with Crippen LogP contribution in [0.15, 0.2) is 24.3 Å². The van der Waals surface area contributed by atoms with E-state index in [9.17, 15) is 4.79 Å². The fourth-order valence-corrected chi connectivity index (χ4v) is 2.85. The van der Waals surface area contributed by atoms with E-state index < -0.39 is 0 Å². The summed E-state index contributed by atoms with van der Waals surface area (Å²) in [5, 5.41) is 3.40. The number of piperidine rings is 1. The average molecular weight is 311 g/mol. The van der Waals surface area contributed by atoms with Gasteiger partial charge in [0, 0.05) is 24.7 Å². The van der Waals surface area contributed by atoms with Crippen LogP contribution in [0.2, 0.25) is 0 Å². The minimum atomic E-state index is 0. The summed E-state index contributed by atoms with van der Waals surface area (Å²) in [5.41, 5.74) is 2.29. The summed E-state index contributed by atoms with van der Waals surface area (Å²) in [5.74, 6) is 0.885. The first kappa shape index (κ1) is 18.0. The Kier molecular flexibility index (Phi) is 6.69. The minimum absolute atomic E-state index is 0. The van der Waals surface area contributed by atoms with Gasteiger partial charge in [0.25, 0.3) is 0 Å². The number of carbonyl (C=O) groups excluding carboxylic acids is 1. The molecule has 0 aromatic heterocycles. The molecule has 1 aliphatic heterocycles. The number of nitrogens with one attached hydrogen (secondary N) is 1. The number of carbonyl (C=O) groups is 1. The second-order valence-corrected chi connectivity index (χ2v) is 6.22. The molecule has 0 radical (unpaired) electrons. The van der Waals surface area contributed by atoms with Gasteiger partial charge in [-0.3, -0.25) is 4.79 Å². The van der Waals surface area contributed by atoms with E-state index >= 15 is 0 Å². The number of rotatable bonds is 3. The molecule has 2 atom stereocenters. The van der Waals surface area contributed by atoms with Gasteiger partial charge < -0.3 is 10.2 Å². The number of anilines is 1. The molecule has 0 aliphatic carbocycles. The van der Waals surface area contributed by atoms with Gasteiger partial charge in [-0.15, -0.1) is 12.4 Å². The molecule has 1 aliphatic rings. The van der Waals surface area contributed by atoms with Gasteiger partial charge in [-0.2, -0.15) is 0 Å². The predicted octanol–water partition coefficient (Wildman–Crippen LogP) is 3.58. The summed E-state index contributed by atoms with van der Waals surface area (Å²) in [4.78, 5) is 14.5. The minimum Gasteiger partial charge on any atom is -0.315 e. The third kappa shape index (κ3) is 4.45. The molecule has 4 heteroatoms. The highest BCUT2D eigenvalue weighted by Crippen LogP contribution is 2.24. The van der Waals surface area contributed by atoms with Crippen molar-refractivity contribution in [1.29, 1.82) is 0 Å². The van der Waals surface area contributed by atoms with E-state index in [1.807, 2.05) is 24.1 Å². The Bertz CT molecular complexity index is 476. The summed E-state index contributed by atoms with van der Waals surface area (Å²) in [6.45, 7) is 7.45. The zero-order chi connectivity index (χ0) is 14.7. The quantitative estimate of drug-likeness (QED) is 0.925. The summed E-state index contributed by atoms with van der Waals surface area (Å²) in [6.07, 6.45) is 1.88. The highest BCUT2D eigenvalue weighted by molar-refractivity contribution is 5.94. The summed E-state index contributed by atoms with van der Waals surface area (Å²) >= 11 is 0. The first-order valence-corrected chi connectivity index (χ1v) is 7.60. The molecule has 2 rings (SSSR count). The van der Waals surface area contributed by atoms with Gasteiger partial charge in [-0.05, 0) is 49.9 Å². The third-order valence-corrected chi connectivity index (χ3v) is 4.23. The smallest absolute Gasteiger partial charge is 0.229 e. The van der Waals surface area contributed by atoms with Crippen molar-refractivity contribution in [2.24, 2.45) is 5.92 Å². The lowest BCUT2D eigenvalue weighted by atomic mass is 9.92. The molecule has 1 fully saturated rings. The van der Waals surface area contributed by atoms with Crippen molar-refractivity contribution in [2.75, 3.05) is 18.5 Å². The Balaban J connectivity index is 0.00000220. The number of hydrogen-bond donors (Lipinski definition) is 1. The molecule has 1 N–H and O–H groups in total. The SMILES string of the molecule is CC(C)c1cccc(N(C)C(=O)[C@H]2CCN[C@@H](C)C2)c1.Cl. The maximum Gasteiger partial charge on any atom is 0.229 e. The predicted molar refractivity (Wildman–Crippen MR) is 91.4 cm³/mol. The van der Waals surface area contributed by atoms with E-state index in [0.717, 1.165) is 25.1 Å². The second kappa shape index (κ2) is 7.81. The number of halogens is 1. The first-order valence-electron chi connectivity index (χ1n) is 7.60. The van der Waals surface area contributed by atoms with E-state index in [-0.39, 0.29) is 24.2 Å². The van der Waals surface area contributed by atoms with Crippen molar-refractivity contribution in [3.8, 4) is 0 Å². The zero-order valence-electron chi connectivity index (χ0n) is 13.4. The molecule has 118 valence electrons. The molecule has 1 saturated heterocycles. The van der Waals surface area contributed by atoms with Gasteiger partial charge in [0.2, 0.25) is 5.91 Å². The fraction of sp³-hybridized carbons (Fsp3) is 0.588. The van der Waals surface area contributed by atoms with Crippen LogP contribution in [0, 0.1) is 5.92 Å². The van der Waals surface area contributed by atoms with Crippen LogP contribution in [-0.2, 0) is 4.79 Å². The van der Waals surface area contributed by atoms with Gasteiger partial charge in [0.05, 0.1) is 0 Å². The van der Waals surface area contributed by atoms with Crippen LogP contribution in [0.25, 0.3) is 0 Å². The van der Waals surface area contributed by atoms with Crippen LogP contribution in [-0.4, -0.2) is 25.5 Å². The molecular weight excluding hydrogens is 284 g/mol. The molecule has 1 aromatic carbocycles. The Morgan fingerprint density at radius 3 is 2.71 bits per heavy atom. The molecule has 0 bridgehead atoms. The number of nitrogens with zero attached hydrogens (tertiary/aromatic N) is 1. The van der Waals surface area contributed by atoms with E-state index in [0.29, 0.717) is 12.0 Å². The lowest BCUT2D eigenvalue weighted by molar-refractivity contribution is -0.123. The Morgan fingerprint density at radius 1 is 1.38 bits per heavy atom. The van der Waals surface area contributed by atoms with Gasteiger partial charge >= 0.3 is 0 Å². The Hall–Kier alpha value is -1.06. The van der Waals surface area contributed by atoms with Crippen molar-refractivity contribution < 1.29 is 4.79 Å². The van der Waals surface area contributed by atoms with Gasteiger partial charge in [0.15, 0.2) is 0 Å². The van der Waals surface area contributed by atoms with Crippen molar-refractivity contribution in [2.45, 2.75) is 45.6 Å². The Morgan fingerprint density at radius 2 is 2.10 bits per heavy atom. The molecule has 0 spiro atoms. The molecule has 21 heavy (non-hydrogen) atoms. The van der Waals surface area contributed by atoms with Crippen LogP contribution in [0.4, 0.5) is 5.69 Å². The van der Waals surface area contributed by atoms with Crippen LogP contribution < -0.4 is 10.2 Å². The monoisotopic (exact) mass is 310 g/mol. The fourth-order valence-electron chi connectivity index (χ4n) is 2.85. The maximum atomic E-state index is 12.6. The first-order chi connectivity index (χ1) is 9.49. The summed E-state index contributed by atoms with van der Waals surface area (Å²) < 4.78 is 0. The van der Waals surface area contributed by atoms with Crippen LogP contribution >= 0.6 is 12.4 Å². The summed E-state index contributed by atoms with van der Waals surface area (Å²) in [6, 6.07) is 8.76. The number of hydrogen-bond acceptors (Lipinski definition) is 2. The topological polar surface area (TPSA) is 32.3 Å². The van der Waals surface area contributed by atoms with Crippen LogP contribution in [0.3, 0.4) is 0 Å². The van der Waals surface area contributed by atoms with E-state index in [1.165, 1.54) is 5.56 Å². The summed E-state index contributed by atoms with van der Waals surface area (Å²) in [7, 11) is 1.90. The van der Waals surface area contributed by atoms with E-state index in [2.05, 4.69) is 38.2 Å². The molecule has 3 nitrogen and oxygen atoms in total. The van der Waals surface area contributed by atoms with E-state index in [4.69, 9.17) is 0 Å². The molecule has 0 saturated carbocycles. The van der Waals surface area contributed by atoms with Crippen molar-refractivity contribution >= 4 is 24.0 Å². The largest absolute Gasteiger partial charge is 0.315 e. The van der Waals surface area contributed by atoms with Crippen LogP contribution in [0.5, 0.6) is 0 Å². The van der Waals surface area contributed by atoms with Crippen LogP contribution in [0.1, 0.15) is 45.1 Å². The third-order valence-electron chi connectivity index (χ3n) is 4.23. The Labute approximate surface area is 134 Å². The molecule has 0 unspecified atom stereocenters. The molecule has 1 aromatic rings. The van der Waals surface area contributed by atoms with Gasteiger partial charge in [-0.25, -0.2) is 0 Å². The normalized spacial score (nSPS) is 21.8. The lowest BCUT2D eigenvalue weighted by Gasteiger charge is -2.30. The zero-order valence-corrected chi connectivity index (χ0v) is 14.2. The highest BCUT2D eigenvalue weighted by Gasteiger charge is 2.27. The van der Waals surface area contributed by atoms with Crippen molar-refractivity contribution in [1.82, 2.24) is 5.32 Å². The van der Waals surface area contributed by atoms with Crippen molar-refractivity contribution in [3.05, 3.63) is 29.8 Å². The molecular formula is C17H27ClN2O. The highest BCUT2D eigenvalue weighted by atomic mass is 35.5. The van der Waals surface area contributed by atoms with Crippen molar-refractivity contribution in [3.63, 3.8) is 0 Å². The van der Waals surface area contributed by atoms with E-state index in [1.54, 1.807) is 0 Å². The molecule has 1 amide bonds. The number of benzene rings is 1. The standard InChI is InChI=1S/C17H26N2O.ClH/c1-12(2)14-6-5-7-16(11-14)19(4)17(20)15-8-9-18-13(3)10-15;/h5-7,11-13,15,18H,8-10H2,1-4H3;1H/t13-,15-;/m0./s1. The number of amides is 1. The average Bonchev–Trinajstić information content (AvgIpc) is 2.45. The maximum absolute atomic E-state index is 12.6.